The van der Waals surface area contributed by atoms with Gasteiger partial charge in [-0.25, -0.2) is 9.78 Å². The van der Waals surface area contributed by atoms with Crippen molar-refractivity contribution in [1.82, 2.24) is 9.88 Å². The van der Waals surface area contributed by atoms with E-state index in [1.165, 1.54) is 16.7 Å². The summed E-state index contributed by atoms with van der Waals surface area (Å²) >= 11 is 4.80. The van der Waals surface area contributed by atoms with Gasteiger partial charge in [-0.1, -0.05) is 11.8 Å². The molecule has 1 saturated heterocycles. The minimum absolute atomic E-state index is 0.0417. The number of aromatic nitrogens is 1. The van der Waals surface area contributed by atoms with E-state index in [9.17, 15) is 14.7 Å². The van der Waals surface area contributed by atoms with Crippen LogP contribution in [0.4, 0.5) is 4.79 Å². The third-order valence-electron chi connectivity index (χ3n) is 3.12. The van der Waals surface area contributed by atoms with Gasteiger partial charge in [0.25, 0.3) is 0 Å². The maximum absolute atomic E-state index is 12.1. The highest BCUT2D eigenvalue weighted by atomic mass is 79.9. The van der Waals surface area contributed by atoms with Crippen LogP contribution in [-0.4, -0.2) is 50.5 Å². The lowest BCUT2D eigenvalue weighted by Crippen LogP contribution is -2.62. The molecule has 1 aliphatic rings. The molecular formula is C15H19BrN2O4S. The number of carbonyl (C=O) groups is 2. The van der Waals surface area contributed by atoms with E-state index in [0.717, 1.165) is 9.50 Å². The van der Waals surface area contributed by atoms with Crippen molar-refractivity contribution in [3.8, 4) is 0 Å². The number of halogens is 1. The molecule has 0 bridgehead atoms. The van der Waals surface area contributed by atoms with Crippen LogP contribution in [0.15, 0.2) is 27.8 Å². The first-order chi connectivity index (χ1) is 10.6. The minimum Gasteiger partial charge on any atom is -0.481 e. The maximum Gasteiger partial charge on any atom is 0.410 e. The number of nitrogens with zero attached hydrogens (tertiary/aromatic N) is 2. The average Bonchev–Trinajstić information content (AvgIpc) is 2.35. The zero-order chi connectivity index (χ0) is 17.3. The lowest BCUT2D eigenvalue weighted by atomic mass is 9.95. The standard InChI is InChI=1S/C15H19BrN2O4S/c1-14(2,3)22-13(21)18-8-15(9-18,7-11(19)20)23-12-10(16)5-4-6-17-12/h4-6H,7-9H2,1-3H3,(H,19,20). The van der Waals surface area contributed by atoms with E-state index in [4.69, 9.17) is 4.74 Å². The molecule has 23 heavy (non-hydrogen) atoms. The Bertz CT molecular complexity index is 612. The summed E-state index contributed by atoms with van der Waals surface area (Å²) < 4.78 is 5.55. The Morgan fingerprint density at radius 3 is 2.65 bits per heavy atom. The highest BCUT2D eigenvalue weighted by Crippen LogP contribution is 2.44. The van der Waals surface area contributed by atoms with E-state index in [-0.39, 0.29) is 6.42 Å². The van der Waals surface area contributed by atoms with Crippen LogP contribution in [0.3, 0.4) is 0 Å². The SMILES string of the molecule is CC(C)(C)OC(=O)N1CC(CC(=O)O)(Sc2ncccc2Br)C1. The summed E-state index contributed by atoms with van der Waals surface area (Å²) in [4.78, 5) is 29.1. The quantitative estimate of drug-likeness (QED) is 0.830. The van der Waals surface area contributed by atoms with Crippen LogP contribution in [0.2, 0.25) is 0 Å². The van der Waals surface area contributed by atoms with Crippen molar-refractivity contribution >= 4 is 39.8 Å². The Hall–Kier alpha value is -1.28. The van der Waals surface area contributed by atoms with Crippen LogP contribution in [0.25, 0.3) is 0 Å². The number of rotatable bonds is 4. The summed E-state index contributed by atoms with van der Waals surface area (Å²) in [6.45, 7) is 6.04. The molecule has 1 aromatic heterocycles. The summed E-state index contributed by atoms with van der Waals surface area (Å²) in [6.07, 6.45) is 1.20. The lowest BCUT2D eigenvalue weighted by molar-refractivity contribution is -0.138. The van der Waals surface area contributed by atoms with Crippen LogP contribution in [0, 0.1) is 0 Å². The average molecular weight is 403 g/mol. The van der Waals surface area contributed by atoms with Crippen LogP contribution in [0.1, 0.15) is 27.2 Å². The molecule has 8 heteroatoms. The fourth-order valence-electron chi connectivity index (χ4n) is 2.24. The van der Waals surface area contributed by atoms with Crippen molar-refractivity contribution < 1.29 is 19.4 Å². The number of carboxylic acid groups (broad SMARTS) is 1. The van der Waals surface area contributed by atoms with Gasteiger partial charge in [0.1, 0.15) is 10.6 Å². The molecule has 0 saturated carbocycles. The zero-order valence-corrected chi connectivity index (χ0v) is 15.6. The minimum atomic E-state index is -0.895. The molecule has 0 unspecified atom stereocenters. The third kappa shape index (κ3) is 4.84. The second kappa shape index (κ2) is 6.68. The van der Waals surface area contributed by atoms with E-state index in [2.05, 4.69) is 20.9 Å². The molecular weight excluding hydrogens is 384 g/mol. The van der Waals surface area contributed by atoms with Gasteiger partial charge in [0.2, 0.25) is 0 Å². The first-order valence-corrected chi connectivity index (χ1v) is 8.70. The summed E-state index contributed by atoms with van der Waals surface area (Å²) in [5.74, 6) is -0.895. The number of ether oxygens (including phenoxy) is 1. The number of likely N-dealkylation sites (tertiary alicyclic amines) is 1. The van der Waals surface area contributed by atoms with Crippen molar-refractivity contribution in [2.75, 3.05) is 13.1 Å². The molecule has 0 aliphatic carbocycles. The van der Waals surface area contributed by atoms with Crippen LogP contribution >= 0.6 is 27.7 Å². The van der Waals surface area contributed by atoms with Crippen LogP contribution in [-0.2, 0) is 9.53 Å². The summed E-state index contributed by atoms with van der Waals surface area (Å²) in [5, 5.41) is 9.91. The molecule has 1 aliphatic heterocycles. The number of aliphatic carboxylic acids is 1. The van der Waals surface area contributed by atoms with Gasteiger partial charge in [-0.3, -0.25) is 4.79 Å². The van der Waals surface area contributed by atoms with E-state index in [1.54, 1.807) is 33.0 Å². The van der Waals surface area contributed by atoms with Gasteiger partial charge in [0, 0.05) is 23.8 Å². The van der Waals surface area contributed by atoms with Crippen molar-refractivity contribution in [1.29, 1.82) is 0 Å². The van der Waals surface area contributed by atoms with Crippen molar-refractivity contribution in [3.63, 3.8) is 0 Å². The summed E-state index contributed by atoms with van der Waals surface area (Å²) in [5.41, 5.74) is -0.570. The first kappa shape index (κ1) is 18.1. The Labute approximate surface area is 147 Å². The molecule has 2 rings (SSSR count). The second-order valence-electron chi connectivity index (χ2n) is 6.48. The number of hydrogen-bond donors (Lipinski definition) is 1. The lowest BCUT2D eigenvalue weighted by Gasteiger charge is -2.48. The topological polar surface area (TPSA) is 79.7 Å². The number of amides is 1. The molecule has 1 amide bonds. The molecule has 2 heterocycles. The molecule has 1 fully saturated rings. The zero-order valence-electron chi connectivity index (χ0n) is 13.2. The molecule has 0 radical (unpaired) electrons. The Kier molecular flexibility index (Phi) is 5.25. The van der Waals surface area contributed by atoms with Crippen molar-refractivity contribution in [2.45, 2.75) is 42.6 Å². The number of pyridine rings is 1. The van der Waals surface area contributed by atoms with E-state index < -0.39 is 22.4 Å². The van der Waals surface area contributed by atoms with Gasteiger partial charge in [0.15, 0.2) is 0 Å². The monoisotopic (exact) mass is 402 g/mol. The normalized spacial score (nSPS) is 16.6. The predicted molar refractivity (Wildman–Crippen MR) is 90.6 cm³/mol. The first-order valence-electron chi connectivity index (χ1n) is 7.09. The molecule has 126 valence electrons. The number of carboxylic acids is 1. The van der Waals surface area contributed by atoms with Gasteiger partial charge in [-0.05, 0) is 48.8 Å². The summed E-state index contributed by atoms with van der Waals surface area (Å²) in [6, 6.07) is 3.65. The van der Waals surface area contributed by atoms with Crippen molar-refractivity contribution in [3.05, 3.63) is 22.8 Å². The third-order valence-corrected chi connectivity index (χ3v) is 5.38. The molecule has 1 aromatic rings. The highest BCUT2D eigenvalue weighted by molar-refractivity contribution is 9.10. The molecule has 0 atom stereocenters. The van der Waals surface area contributed by atoms with E-state index >= 15 is 0 Å². The van der Waals surface area contributed by atoms with Crippen LogP contribution in [0.5, 0.6) is 0 Å². The van der Waals surface area contributed by atoms with Gasteiger partial charge in [-0.15, -0.1) is 0 Å². The van der Waals surface area contributed by atoms with Gasteiger partial charge < -0.3 is 14.7 Å². The largest absolute Gasteiger partial charge is 0.481 e. The Morgan fingerprint density at radius 2 is 2.13 bits per heavy atom. The molecule has 1 N–H and O–H groups in total. The fraction of sp³-hybridized carbons (Fsp3) is 0.533. The smallest absolute Gasteiger partial charge is 0.410 e. The molecule has 0 aromatic carbocycles. The molecule has 0 spiro atoms. The van der Waals surface area contributed by atoms with Gasteiger partial charge >= 0.3 is 12.1 Å². The predicted octanol–water partition coefficient (Wildman–Crippen LogP) is 3.40. The Balaban J connectivity index is 2.08. The number of thioether (sulfide) groups is 1. The van der Waals surface area contributed by atoms with Crippen LogP contribution < -0.4 is 0 Å². The van der Waals surface area contributed by atoms with Gasteiger partial charge in [-0.2, -0.15) is 0 Å². The second-order valence-corrected chi connectivity index (χ2v) is 8.79. The highest BCUT2D eigenvalue weighted by Gasteiger charge is 2.49. The molecule has 6 nitrogen and oxygen atoms in total. The number of hydrogen-bond acceptors (Lipinski definition) is 5. The number of carbonyl (C=O) groups excluding carboxylic acids is 1. The van der Waals surface area contributed by atoms with E-state index in [0.29, 0.717) is 13.1 Å². The fourth-order valence-corrected chi connectivity index (χ4v) is 4.07. The van der Waals surface area contributed by atoms with E-state index in [1.807, 2.05) is 6.07 Å². The Morgan fingerprint density at radius 1 is 1.48 bits per heavy atom. The maximum atomic E-state index is 12.1. The van der Waals surface area contributed by atoms with Crippen molar-refractivity contribution in [2.24, 2.45) is 0 Å². The summed E-state index contributed by atoms with van der Waals surface area (Å²) in [7, 11) is 0. The van der Waals surface area contributed by atoms with Gasteiger partial charge in [0.05, 0.1) is 11.2 Å².